The minimum absolute atomic E-state index is 0.217. The molecule has 0 aliphatic heterocycles. The summed E-state index contributed by atoms with van der Waals surface area (Å²) in [7, 11) is 2.06. The van der Waals surface area contributed by atoms with Gasteiger partial charge in [-0.3, -0.25) is 9.88 Å². The summed E-state index contributed by atoms with van der Waals surface area (Å²) in [6, 6.07) is 4.21. The maximum atomic E-state index is 5.80. The molecule has 0 fully saturated rings. The number of hydrogen-bond acceptors (Lipinski definition) is 4. The predicted molar refractivity (Wildman–Crippen MR) is 65.2 cm³/mol. The van der Waals surface area contributed by atoms with Gasteiger partial charge in [0.05, 0.1) is 6.61 Å². The molecule has 0 bridgehead atoms. The minimum Gasteiger partial charge on any atom is -0.380 e. The maximum absolute atomic E-state index is 5.80. The van der Waals surface area contributed by atoms with Gasteiger partial charge in [0.15, 0.2) is 0 Å². The van der Waals surface area contributed by atoms with Crippen molar-refractivity contribution >= 4 is 0 Å². The smallest absolute Gasteiger partial charge is 0.0593 e. The summed E-state index contributed by atoms with van der Waals surface area (Å²) in [5.74, 6) is 0. The largest absolute Gasteiger partial charge is 0.380 e. The zero-order valence-electron chi connectivity index (χ0n) is 10.1. The van der Waals surface area contributed by atoms with Crippen molar-refractivity contribution in [3.63, 3.8) is 0 Å². The van der Waals surface area contributed by atoms with E-state index in [1.54, 1.807) is 6.20 Å². The number of rotatable bonds is 7. The molecule has 4 nitrogen and oxygen atoms in total. The van der Waals surface area contributed by atoms with E-state index in [4.69, 9.17) is 10.5 Å². The first-order chi connectivity index (χ1) is 7.79. The molecular weight excluding hydrogens is 202 g/mol. The average molecular weight is 223 g/mol. The molecule has 0 aliphatic carbocycles. The molecule has 90 valence electrons. The fourth-order valence-corrected chi connectivity index (χ4v) is 1.65. The molecule has 16 heavy (non-hydrogen) atoms. The van der Waals surface area contributed by atoms with Gasteiger partial charge < -0.3 is 10.5 Å². The maximum Gasteiger partial charge on any atom is 0.0593 e. The molecule has 1 rings (SSSR count). The Kier molecular flexibility index (Phi) is 6.00. The molecule has 0 saturated carbocycles. The van der Waals surface area contributed by atoms with Gasteiger partial charge in [0.2, 0.25) is 0 Å². The second-order valence-corrected chi connectivity index (χ2v) is 3.72. The number of aromatic nitrogens is 1. The van der Waals surface area contributed by atoms with Crippen molar-refractivity contribution in [2.75, 3.05) is 33.4 Å². The molecule has 0 saturated heterocycles. The van der Waals surface area contributed by atoms with E-state index in [-0.39, 0.29) is 6.04 Å². The first kappa shape index (κ1) is 13.1. The lowest BCUT2D eigenvalue weighted by molar-refractivity contribution is 0.108. The Morgan fingerprint density at radius 2 is 2.38 bits per heavy atom. The fraction of sp³-hybridized carbons (Fsp3) is 0.583. The molecule has 2 N–H and O–H groups in total. The van der Waals surface area contributed by atoms with Crippen molar-refractivity contribution in [1.82, 2.24) is 9.88 Å². The monoisotopic (exact) mass is 223 g/mol. The molecule has 1 atom stereocenters. The molecule has 1 heterocycles. The van der Waals surface area contributed by atoms with Gasteiger partial charge in [0.1, 0.15) is 0 Å². The molecule has 0 aliphatic rings. The quantitative estimate of drug-likeness (QED) is 0.702. The number of likely N-dealkylation sites (N-methyl/N-ethyl adjacent to an activating group) is 1. The van der Waals surface area contributed by atoms with E-state index >= 15 is 0 Å². The second kappa shape index (κ2) is 7.33. The molecule has 1 aromatic heterocycles. The summed E-state index contributed by atoms with van der Waals surface area (Å²) in [6.07, 6.45) is 3.64. The Balaban J connectivity index is 2.53. The van der Waals surface area contributed by atoms with Gasteiger partial charge in [0, 0.05) is 38.1 Å². The van der Waals surface area contributed by atoms with Crippen LogP contribution in [-0.4, -0.2) is 43.2 Å². The molecule has 0 radical (unpaired) electrons. The standard InChI is InChI=1S/C12H21N3O/c1-3-16-8-7-15(2)12(9-13)11-5-4-6-14-10-11/h4-6,10,12H,3,7-9,13H2,1-2H3. The molecule has 1 aromatic rings. The number of pyridine rings is 1. The van der Waals surface area contributed by atoms with Crippen LogP contribution < -0.4 is 5.73 Å². The summed E-state index contributed by atoms with van der Waals surface area (Å²) in [6.45, 7) is 4.97. The molecule has 0 aromatic carbocycles. The number of nitrogens with two attached hydrogens (primary N) is 1. The normalized spacial score (nSPS) is 13.0. The zero-order chi connectivity index (χ0) is 11.8. The molecular formula is C12H21N3O. The Morgan fingerprint density at radius 3 is 2.94 bits per heavy atom. The SMILES string of the molecule is CCOCCN(C)C(CN)c1cccnc1. The van der Waals surface area contributed by atoms with Gasteiger partial charge in [-0.05, 0) is 25.6 Å². The zero-order valence-corrected chi connectivity index (χ0v) is 10.1. The van der Waals surface area contributed by atoms with Crippen molar-refractivity contribution < 1.29 is 4.74 Å². The number of ether oxygens (including phenoxy) is 1. The highest BCUT2D eigenvalue weighted by Crippen LogP contribution is 2.16. The van der Waals surface area contributed by atoms with Crippen LogP contribution in [0.5, 0.6) is 0 Å². The van der Waals surface area contributed by atoms with E-state index in [0.717, 1.165) is 25.3 Å². The summed E-state index contributed by atoms with van der Waals surface area (Å²) in [4.78, 5) is 6.32. The third-order valence-electron chi connectivity index (χ3n) is 2.62. The summed E-state index contributed by atoms with van der Waals surface area (Å²) < 4.78 is 5.34. The highest BCUT2D eigenvalue weighted by molar-refractivity contribution is 5.14. The van der Waals surface area contributed by atoms with E-state index in [2.05, 4.69) is 23.0 Å². The van der Waals surface area contributed by atoms with Crippen LogP contribution in [0.25, 0.3) is 0 Å². The molecule has 1 unspecified atom stereocenters. The van der Waals surface area contributed by atoms with Crippen LogP contribution in [0.2, 0.25) is 0 Å². The van der Waals surface area contributed by atoms with Crippen LogP contribution in [-0.2, 0) is 4.74 Å². The average Bonchev–Trinajstić information content (AvgIpc) is 2.32. The first-order valence-corrected chi connectivity index (χ1v) is 5.67. The molecule has 0 amide bonds. The topological polar surface area (TPSA) is 51.4 Å². The van der Waals surface area contributed by atoms with Crippen molar-refractivity contribution in [3.05, 3.63) is 30.1 Å². The Morgan fingerprint density at radius 1 is 1.56 bits per heavy atom. The van der Waals surface area contributed by atoms with Crippen LogP contribution in [0, 0.1) is 0 Å². The van der Waals surface area contributed by atoms with Crippen LogP contribution in [0.3, 0.4) is 0 Å². The van der Waals surface area contributed by atoms with E-state index in [0.29, 0.717) is 6.54 Å². The van der Waals surface area contributed by atoms with E-state index < -0.39 is 0 Å². The summed E-state index contributed by atoms with van der Waals surface area (Å²) >= 11 is 0. The van der Waals surface area contributed by atoms with Crippen molar-refractivity contribution in [3.8, 4) is 0 Å². The van der Waals surface area contributed by atoms with Crippen LogP contribution in [0.1, 0.15) is 18.5 Å². The lowest BCUT2D eigenvalue weighted by atomic mass is 10.1. The summed E-state index contributed by atoms with van der Waals surface area (Å²) in [5.41, 5.74) is 6.96. The highest BCUT2D eigenvalue weighted by atomic mass is 16.5. The van der Waals surface area contributed by atoms with Crippen LogP contribution in [0.4, 0.5) is 0 Å². The van der Waals surface area contributed by atoms with Crippen LogP contribution in [0.15, 0.2) is 24.5 Å². The van der Waals surface area contributed by atoms with Crippen LogP contribution >= 0.6 is 0 Å². The van der Waals surface area contributed by atoms with Gasteiger partial charge in [-0.25, -0.2) is 0 Å². The van der Waals surface area contributed by atoms with Crippen molar-refractivity contribution in [2.45, 2.75) is 13.0 Å². The lowest BCUT2D eigenvalue weighted by Crippen LogP contribution is -2.33. The van der Waals surface area contributed by atoms with Gasteiger partial charge in [-0.15, -0.1) is 0 Å². The molecule has 0 spiro atoms. The fourth-order valence-electron chi connectivity index (χ4n) is 1.65. The minimum atomic E-state index is 0.217. The Hall–Kier alpha value is -0.970. The van der Waals surface area contributed by atoms with Crippen molar-refractivity contribution in [1.29, 1.82) is 0 Å². The number of hydrogen-bond donors (Lipinski definition) is 1. The highest BCUT2D eigenvalue weighted by Gasteiger charge is 2.14. The first-order valence-electron chi connectivity index (χ1n) is 5.67. The van der Waals surface area contributed by atoms with Gasteiger partial charge in [-0.2, -0.15) is 0 Å². The third-order valence-corrected chi connectivity index (χ3v) is 2.62. The van der Waals surface area contributed by atoms with E-state index in [1.807, 2.05) is 19.2 Å². The van der Waals surface area contributed by atoms with Gasteiger partial charge in [-0.1, -0.05) is 6.07 Å². The predicted octanol–water partition coefficient (Wildman–Crippen LogP) is 1.05. The van der Waals surface area contributed by atoms with Crippen molar-refractivity contribution in [2.24, 2.45) is 5.73 Å². The third kappa shape index (κ3) is 3.89. The summed E-state index contributed by atoms with van der Waals surface area (Å²) in [5, 5.41) is 0. The Labute approximate surface area is 97.4 Å². The van der Waals surface area contributed by atoms with E-state index in [9.17, 15) is 0 Å². The lowest BCUT2D eigenvalue weighted by Gasteiger charge is -2.26. The van der Waals surface area contributed by atoms with Gasteiger partial charge in [0.25, 0.3) is 0 Å². The second-order valence-electron chi connectivity index (χ2n) is 3.72. The van der Waals surface area contributed by atoms with Gasteiger partial charge >= 0.3 is 0 Å². The molecule has 4 heteroatoms. The Bertz CT molecular complexity index is 279. The van der Waals surface area contributed by atoms with E-state index in [1.165, 1.54) is 0 Å². The number of nitrogens with zero attached hydrogens (tertiary/aromatic N) is 2.